The topological polar surface area (TPSA) is 40.5 Å². The number of amides is 1. The molecular formula is C15H20BrNO2. The number of alkyl halides is 1. The Morgan fingerprint density at radius 3 is 2.68 bits per heavy atom. The molecule has 1 aromatic carbocycles. The van der Waals surface area contributed by atoms with Gasteiger partial charge in [0.05, 0.1) is 4.83 Å². The molecule has 0 aromatic heterocycles. The summed E-state index contributed by atoms with van der Waals surface area (Å²) in [5, 5.41) is 9.50. The summed E-state index contributed by atoms with van der Waals surface area (Å²) >= 11 is 3.49. The second-order valence-electron chi connectivity index (χ2n) is 5.51. The Kier molecular flexibility index (Phi) is 4.50. The fourth-order valence-corrected chi connectivity index (χ4v) is 2.33. The van der Waals surface area contributed by atoms with Crippen LogP contribution in [0.4, 0.5) is 0 Å². The van der Waals surface area contributed by atoms with E-state index >= 15 is 0 Å². The van der Waals surface area contributed by atoms with E-state index in [0.717, 1.165) is 18.4 Å². The second kappa shape index (κ2) is 5.95. The van der Waals surface area contributed by atoms with Crippen LogP contribution in [0.3, 0.4) is 0 Å². The van der Waals surface area contributed by atoms with Crippen molar-refractivity contribution < 1.29 is 9.90 Å². The average molecular weight is 326 g/mol. The van der Waals surface area contributed by atoms with Crippen molar-refractivity contribution in [2.24, 2.45) is 5.92 Å². The van der Waals surface area contributed by atoms with Crippen LogP contribution in [0.5, 0.6) is 5.75 Å². The van der Waals surface area contributed by atoms with Crippen molar-refractivity contribution in [1.29, 1.82) is 0 Å². The molecule has 1 unspecified atom stereocenters. The van der Waals surface area contributed by atoms with Crippen LogP contribution in [0.2, 0.25) is 0 Å². The maximum absolute atomic E-state index is 12.5. The molecule has 0 bridgehead atoms. The van der Waals surface area contributed by atoms with Crippen molar-refractivity contribution in [3.63, 3.8) is 0 Å². The molecule has 2 rings (SSSR count). The van der Waals surface area contributed by atoms with Gasteiger partial charge in [-0.05, 0) is 36.5 Å². The van der Waals surface area contributed by atoms with Gasteiger partial charge in [0.2, 0.25) is 5.91 Å². The van der Waals surface area contributed by atoms with E-state index in [1.165, 1.54) is 0 Å². The lowest BCUT2D eigenvalue weighted by Gasteiger charge is -2.26. The minimum atomic E-state index is -0.134. The van der Waals surface area contributed by atoms with Crippen LogP contribution in [0.15, 0.2) is 24.3 Å². The second-order valence-corrected chi connectivity index (χ2v) is 6.50. The maximum Gasteiger partial charge on any atom is 0.237 e. The lowest BCUT2D eigenvalue weighted by Crippen LogP contribution is -2.39. The van der Waals surface area contributed by atoms with Gasteiger partial charge in [0, 0.05) is 12.6 Å². The van der Waals surface area contributed by atoms with Gasteiger partial charge in [-0.1, -0.05) is 41.9 Å². The van der Waals surface area contributed by atoms with E-state index < -0.39 is 0 Å². The van der Waals surface area contributed by atoms with Crippen LogP contribution in [-0.2, 0) is 11.3 Å². The average Bonchev–Trinajstić information content (AvgIpc) is 3.18. The number of carbonyl (C=O) groups is 1. The summed E-state index contributed by atoms with van der Waals surface area (Å²) in [7, 11) is 0. The van der Waals surface area contributed by atoms with Crippen LogP contribution in [-0.4, -0.2) is 26.8 Å². The summed E-state index contributed by atoms with van der Waals surface area (Å²) in [6.45, 7) is 4.65. The van der Waals surface area contributed by atoms with Gasteiger partial charge in [0.1, 0.15) is 5.75 Å². The Hall–Kier alpha value is -1.03. The molecule has 1 amide bonds. The van der Waals surface area contributed by atoms with Gasteiger partial charge in [-0.25, -0.2) is 0 Å². The number of hydrogen-bond donors (Lipinski definition) is 1. The first-order valence-corrected chi connectivity index (χ1v) is 7.63. The Bertz CT molecular complexity index is 457. The molecule has 0 heterocycles. The monoisotopic (exact) mass is 325 g/mol. The van der Waals surface area contributed by atoms with Crippen molar-refractivity contribution in [3.05, 3.63) is 29.8 Å². The number of nitrogens with zero attached hydrogens (tertiary/aromatic N) is 1. The predicted molar refractivity (Wildman–Crippen MR) is 79.2 cm³/mol. The van der Waals surface area contributed by atoms with Gasteiger partial charge >= 0.3 is 0 Å². The smallest absolute Gasteiger partial charge is 0.237 e. The minimum absolute atomic E-state index is 0.134. The number of halogens is 1. The lowest BCUT2D eigenvalue weighted by molar-refractivity contribution is -0.132. The Morgan fingerprint density at radius 2 is 2.16 bits per heavy atom. The van der Waals surface area contributed by atoms with E-state index in [0.29, 0.717) is 12.6 Å². The van der Waals surface area contributed by atoms with Crippen LogP contribution < -0.4 is 0 Å². The molecule has 0 saturated heterocycles. The molecule has 1 fully saturated rings. The fraction of sp³-hybridized carbons (Fsp3) is 0.533. The van der Waals surface area contributed by atoms with E-state index in [2.05, 4.69) is 15.9 Å². The van der Waals surface area contributed by atoms with Crippen LogP contribution in [0.1, 0.15) is 32.3 Å². The molecule has 4 heteroatoms. The largest absolute Gasteiger partial charge is 0.508 e. The molecule has 0 aliphatic heterocycles. The third-order valence-corrected chi connectivity index (χ3v) is 4.80. The lowest BCUT2D eigenvalue weighted by atomic mass is 10.1. The Labute approximate surface area is 122 Å². The molecule has 1 aliphatic rings. The quantitative estimate of drug-likeness (QED) is 0.844. The first-order valence-electron chi connectivity index (χ1n) is 6.71. The molecule has 19 heavy (non-hydrogen) atoms. The highest BCUT2D eigenvalue weighted by atomic mass is 79.9. The number of hydrogen-bond acceptors (Lipinski definition) is 2. The Morgan fingerprint density at radius 1 is 1.47 bits per heavy atom. The van der Waals surface area contributed by atoms with Gasteiger partial charge in [-0.15, -0.1) is 0 Å². The third kappa shape index (κ3) is 3.72. The summed E-state index contributed by atoms with van der Waals surface area (Å²) in [5.74, 6) is 0.679. The number of benzene rings is 1. The minimum Gasteiger partial charge on any atom is -0.508 e. The number of aromatic hydroxyl groups is 1. The molecule has 1 saturated carbocycles. The highest BCUT2D eigenvalue weighted by molar-refractivity contribution is 9.10. The molecular weight excluding hydrogens is 306 g/mol. The van der Waals surface area contributed by atoms with E-state index in [9.17, 15) is 9.90 Å². The maximum atomic E-state index is 12.5. The Balaban J connectivity index is 2.10. The van der Waals surface area contributed by atoms with Gasteiger partial charge in [0.25, 0.3) is 0 Å². The first kappa shape index (κ1) is 14.4. The van der Waals surface area contributed by atoms with E-state index in [1.807, 2.05) is 30.9 Å². The highest BCUT2D eigenvalue weighted by Gasteiger charge is 2.35. The standard InChI is InChI=1S/C15H20BrNO2/c1-10(2)14(16)15(19)17(12-6-7-12)9-11-4-3-5-13(18)8-11/h3-5,8,10,12,14,18H,6-7,9H2,1-2H3. The van der Waals surface area contributed by atoms with Crippen molar-refractivity contribution >= 4 is 21.8 Å². The number of carbonyl (C=O) groups excluding carboxylic acids is 1. The van der Waals surface area contributed by atoms with Gasteiger partial charge in [-0.3, -0.25) is 4.79 Å². The predicted octanol–water partition coefficient (Wildman–Crippen LogP) is 3.30. The molecule has 3 nitrogen and oxygen atoms in total. The number of phenolic OH excluding ortho intramolecular Hbond substituents is 1. The summed E-state index contributed by atoms with van der Waals surface area (Å²) in [6.07, 6.45) is 2.17. The van der Waals surface area contributed by atoms with Gasteiger partial charge in [0.15, 0.2) is 0 Å². The zero-order valence-corrected chi connectivity index (χ0v) is 12.9. The van der Waals surface area contributed by atoms with E-state index in [-0.39, 0.29) is 22.4 Å². The van der Waals surface area contributed by atoms with Crippen molar-refractivity contribution in [2.75, 3.05) is 0 Å². The molecule has 0 radical (unpaired) electrons. The number of phenols is 1. The molecule has 1 aliphatic carbocycles. The molecule has 1 atom stereocenters. The SMILES string of the molecule is CC(C)C(Br)C(=O)N(Cc1cccc(O)c1)C1CC1. The normalized spacial score (nSPS) is 16.4. The molecule has 0 spiro atoms. The molecule has 1 N–H and O–H groups in total. The zero-order chi connectivity index (χ0) is 14.0. The fourth-order valence-electron chi connectivity index (χ4n) is 2.07. The van der Waals surface area contributed by atoms with Gasteiger partial charge < -0.3 is 10.0 Å². The van der Waals surface area contributed by atoms with Crippen LogP contribution >= 0.6 is 15.9 Å². The summed E-state index contributed by atoms with van der Waals surface area (Å²) in [5.41, 5.74) is 0.976. The molecule has 104 valence electrons. The molecule has 1 aromatic rings. The highest BCUT2D eigenvalue weighted by Crippen LogP contribution is 2.31. The van der Waals surface area contributed by atoms with E-state index in [4.69, 9.17) is 0 Å². The van der Waals surface area contributed by atoms with Gasteiger partial charge in [-0.2, -0.15) is 0 Å². The summed E-state index contributed by atoms with van der Waals surface area (Å²) in [6, 6.07) is 7.50. The van der Waals surface area contributed by atoms with E-state index in [1.54, 1.807) is 12.1 Å². The third-order valence-electron chi connectivity index (χ3n) is 3.36. The first-order chi connectivity index (χ1) is 8.99. The van der Waals surface area contributed by atoms with Crippen LogP contribution in [0, 0.1) is 5.92 Å². The number of rotatable bonds is 5. The van der Waals surface area contributed by atoms with Crippen molar-refractivity contribution in [2.45, 2.75) is 44.1 Å². The summed E-state index contributed by atoms with van der Waals surface area (Å²) < 4.78 is 0. The van der Waals surface area contributed by atoms with Crippen molar-refractivity contribution in [1.82, 2.24) is 4.90 Å². The van der Waals surface area contributed by atoms with Crippen molar-refractivity contribution in [3.8, 4) is 5.75 Å². The zero-order valence-electron chi connectivity index (χ0n) is 11.3. The summed E-state index contributed by atoms with van der Waals surface area (Å²) in [4.78, 5) is 14.3. The van der Waals surface area contributed by atoms with Crippen LogP contribution in [0.25, 0.3) is 0 Å².